The van der Waals surface area contributed by atoms with Gasteiger partial charge >= 0.3 is 17.9 Å². The molecule has 0 rings (SSSR count). The smallest absolute Gasteiger partial charge is 0.306 e. The standard InChI is InChI=1S/C71H130O6/c1-4-7-10-13-16-19-22-25-28-30-32-34-36-38-40-43-46-49-52-55-58-61-64-70(73)76-67-68(66-75-69(72)63-60-57-54-51-48-45-42-27-24-21-18-15-12-9-6-3)77-71(74)65-62-59-56-53-50-47-44-41-39-37-35-33-31-29-26-23-20-17-14-11-8-5-2/h9,12,18,21,27,42,48,51,68H,4-8,10-11,13-17,19-20,22-26,28-41,43-47,49-50,52-67H2,1-3H3/b12-9-,21-18-,42-27-,51-48-. The van der Waals surface area contributed by atoms with Gasteiger partial charge in [0.1, 0.15) is 13.2 Å². The molecule has 1 unspecified atom stereocenters. The average molecular weight is 1080 g/mol. The van der Waals surface area contributed by atoms with Crippen LogP contribution in [0.25, 0.3) is 0 Å². The van der Waals surface area contributed by atoms with E-state index >= 15 is 0 Å². The van der Waals surface area contributed by atoms with Crippen molar-refractivity contribution >= 4 is 17.9 Å². The maximum Gasteiger partial charge on any atom is 0.306 e. The molecule has 0 aromatic rings. The molecule has 0 aromatic heterocycles. The molecule has 6 heteroatoms. The van der Waals surface area contributed by atoms with Crippen molar-refractivity contribution in [1.29, 1.82) is 0 Å². The van der Waals surface area contributed by atoms with Crippen molar-refractivity contribution in [1.82, 2.24) is 0 Å². The third-order valence-electron chi connectivity index (χ3n) is 15.3. The molecule has 450 valence electrons. The van der Waals surface area contributed by atoms with Gasteiger partial charge in [0.2, 0.25) is 0 Å². The molecule has 0 aromatic carbocycles. The Hall–Kier alpha value is -2.63. The van der Waals surface area contributed by atoms with E-state index in [4.69, 9.17) is 14.2 Å². The van der Waals surface area contributed by atoms with E-state index in [2.05, 4.69) is 69.4 Å². The summed E-state index contributed by atoms with van der Waals surface area (Å²) in [6.45, 7) is 6.56. The zero-order chi connectivity index (χ0) is 55.7. The van der Waals surface area contributed by atoms with Crippen LogP contribution < -0.4 is 0 Å². The van der Waals surface area contributed by atoms with Gasteiger partial charge in [0.05, 0.1) is 0 Å². The van der Waals surface area contributed by atoms with Gasteiger partial charge in [-0.15, -0.1) is 0 Å². The highest BCUT2D eigenvalue weighted by molar-refractivity contribution is 5.71. The van der Waals surface area contributed by atoms with E-state index in [0.717, 1.165) is 83.5 Å². The van der Waals surface area contributed by atoms with Crippen molar-refractivity contribution in [3.05, 3.63) is 48.6 Å². The highest BCUT2D eigenvalue weighted by atomic mass is 16.6. The minimum absolute atomic E-state index is 0.0810. The Morgan fingerprint density at radius 3 is 0.792 bits per heavy atom. The molecular weight excluding hydrogens is 949 g/mol. The summed E-state index contributed by atoms with van der Waals surface area (Å²) in [7, 11) is 0. The number of esters is 3. The molecule has 0 aliphatic rings. The third kappa shape index (κ3) is 64.1. The number of hydrogen-bond donors (Lipinski definition) is 0. The van der Waals surface area contributed by atoms with Crippen LogP contribution in [-0.4, -0.2) is 37.2 Å². The second-order valence-electron chi connectivity index (χ2n) is 23.1. The average Bonchev–Trinajstić information content (AvgIpc) is 3.43. The number of carbonyl (C=O) groups excluding carboxylic acids is 3. The first kappa shape index (κ1) is 74.4. The third-order valence-corrected chi connectivity index (χ3v) is 15.3. The Balaban J connectivity index is 4.31. The first-order valence-electron chi connectivity index (χ1n) is 34.1. The van der Waals surface area contributed by atoms with Crippen LogP contribution in [0.3, 0.4) is 0 Å². The first-order valence-corrected chi connectivity index (χ1v) is 34.1. The summed E-state index contributed by atoms with van der Waals surface area (Å²) in [5.41, 5.74) is 0. The molecule has 0 aliphatic heterocycles. The zero-order valence-electron chi connectivity index (χ0n) is 51.7. The van der Waals surface area contributed by atoms with Gasteiger partial charge in [-0.3, -0.25) is 14.4 Å². The molecule has 0 radical (unpaired) electrons. The van der Waals surface area contributed by atoms with Crippen molar-refractivity contribution in [3.63, 3.8) is 0 Å². The number of rotatable bonds is 63. The molecule has 0 bridgehead atoms. The van der Waals surface area contributed by atoms with Crippen molar-refractivity contribution in [2.24, 2.45) is 0 Å². The minimum Gasteiger partial charge on any atom is -0.462 e. The summed E-state index contributed by atoms with van der Waals surface area (Å²) in [4.78, 5) is 38.4. The van der Waals surface area contributed by atoms with E-state index in [1.807, 2.05) is 0 Å². The van der Waals surface area contributed by atoms with E-state index in [1.54, 1.807) is 0 Å². The summed E-state index contributed by atoms with van der Waals surface area (Å²) in [6.07, 6.45) is 82.8. The predicted octanol–water partition coefficient (Wildman–Crippen LogP) is 23.3. The lowest BCUT2D eigenvalue weighted by Crippen LogP contribution is -2.30. The van der Waals surface area contributed by atoms with Crippen LogP contribution >= 0.6 is 0 Å². The molecule has 0 saturated heterocycles. The van der Waals surface area contributed by atoms with Crippen LogP contribution in [0.4, 0.5) is 0 Å². The topological polar surface area (TPSA) is 78.9 Å². The van der Waals surface area contributed by atoms with E-state index in [1.165, 1.54) is 244 Å². The normalized spacial score (nSPS) is 12.3. The number of ether oxygens (including phenoxy) is 3. The summed E-state index contributed by atoms with van der Waals surface area (Å²) in [6, 6.07) is 0. The van der Waals surface area contributed by atoms with E-state index in [9.17, 15) is 14.4 Å². The van der Waals surface area contributed by atoms with Crippen LogP contribution in [0.15, 0.2) is 48.6 Å². The van der Waals surface area contributed by atoms with Gasteiger partial charge in [-0.05, 0) is 57.8 Å². The quantitative estimate of drug-likeness (QED) is 0.0261. The lowest BCUT2D eigenvalue weighted by molar-refractivity contribution is -0.167. The van der Waals surface area contributed by atoms with Crippen molar-refractivity contribution < 1.29 is 28.6 Å². The van der Waals surface area contributed by atoms with Gasteiger partial charge in [-0.2, -0.15) is 0 Å². The summed E-state index contributed by atoms with van der Waals surface area (Å²) in [5.74, 6) is -0.898. The van der Waals surface area contributed by atoms with Crippen LogP contribution in [0, 0.1) is 0 Å². The summed E-state index contributed by atoms with van der Waals surface area (Å²) >= 11 is 0. The molecule has 77 heavy (non-hydrogen) atoms. The Labute approximate surface area is 479 Å². The Kier molecular flexibility index (Phi) is 63.6. The van der Waals surface area contributed by atoms with Gasteiger partial charge in [-0.25, -0.2) is 0 Å². The molecule has 0 spiro atoms. The lowest BCUT2D eigenvalue weighted by atomic mass is 10.0. The molecule has 0 heterocycles. The molecule has 0 N–H and O–H groups in total. The minimum atomic E-state index is -0.788. The van der Waals surface area contributed by atoms with E-state index in [0.29, 0.717) is 19.3 Å². The number of allylic oxidation sites excluding steroid dienone is 8. The second kappa shape index (κ2) is 65.9. The number of unbranched alkanes of at least 4 members (excludes halogenated alkanes) is 44. The molecule has 0 amide bonds. The van der Waals surface area contributed by atoms with Crippen molar-refractivity contribution in [2.75, 3.05) is 13.2 Å². The maximum atomic E-state index is 12.9. The Morgan fingerprint density at radius 1 is 0.273 bits per heavy atom. The van der Waals surface area contributed by atoms with Crippen LogP contribution in [-0.2, 0) is 28.6 Å². The van der Waals surface area contributed by atoms with Crippen molar-refractivity contribution in [3.8, 4) is 0 Å². The Morgan fingerprint density at radius 2 is 0.506 bits per heavy atom. The van der Waals surface area contributed by atoms with Crippen LogP contribution in [0.2, 0.25) is 0 Å². The SMILES string of the molecule is CC/C=C\C/C=C\C/C=C\C/C=C\CCCCC(=O)OCC(COC(=O)CCCCCCCCCCCCCCCCCCCCCCCC)OC(=O)CCCCCCCCCCCCCCCCCCCCCCCC. The van der Waals surface area contributed by atoms with Gasteiger partial charge in [0.25, 0.3) is 0 Å². The summed E-state index contributed by atoms with van der Waals surface area (Å²) < 4.78 is 16.9. The monoisotopic (exact) mass is 1080 g/mol. The molecule has 0 saturated carbocycles. The fourth-order valence-corrected chi connectivity index (χ4v) is 10.3. The highest BCUT2D eigenvalue weighted by Crippen LogP contribution is 2.18. The molecule has 0 fully saturated rings. The predicted molar refractivity (Wildman–Crippen MR) is 335 cm³/mol. The lowest BCUT2D eigenvalue weighted by Gasteiger charge is -2.18. The van der Waals surface area contributed by atoms with Gasteiger partial charge in [-0.1, -0.05) is 339 Å². The van der Waals surface area contributed by atoms with E-state index < -0.39 is 6.10 Å². The maximum absolute atomic E-state index is 12.9. The molecule has 6 nitrogen and oxygen atoms in total. The Bertz CT molecular complexity index is 1330. The number of hydrogen-bond acceptors (Lipinski definition) is 6. The highest BCUT2D eigenvalue weighted by Gasteiger charge is 2.19. The molecule has 0 aliphatic carbocycles. The molecular formula is C71H130O6. The van der Waals surface area contributed by atoms with Crippen molar-refractivity contribution in [2.45, 2.75) is 374 Å². The fraction of sp³-hybridized carbons (Fsp3) is 0.845. The summed E-state index contributed by atoms with van der Waals surface area (Å²) in [5, 5.41) is 0. The van der Waals surface area contributed by atoms with Crippen LogP contribution in [0.1, 0.15) is 367 Å². The fourth-order valence-electron chi connectivity index (χ4n) is 10.3. The van der Waals surface area contributed by atoms with Gasteiger partial charge in [0.15, 0.2) is 6.10 Å². The van der Waals surface area contributed by atoms with Gasteiger partial charge in [0, 0.05) is 19.3 Å². The molecule has 1 atom stereocenters. The van der Waals surface area contributed by atoms with Gasteiger partial charge < -0.3 is 14.2 Å². The largest absolute Gasteiger partial charge is 0.462 e. The number of carbonyl (C=O) groups is 3. The first-order chi connectivity index (χ1) is 38.0. The zero-order valence-corrected chi connectivity index (χ0v) is 51.7. The van der Waals surface area contributed by atoms with Crippen LogP contribution in [0.5, 0.6) is 0 Å². The second-order valence-corrected chi connectivity index (χ2v) is 23.1. The van der Waals surface area contributed by atoms with E-state index in [-0.39, 0.29) is 31.1 Å².